The van der Waals surface area contributed by atoms with E-state index in [2.05, 4.69) is 15.5 Å². The van der Waals surface area contributed by atoms with Crippen LogP contribution in [0.5, 0.6) is 0 Å². The molecule has 2 amide bonds. The van der Waals surface area contributed by atoms with Crippen LogP contribution in [0.1, 0.15) is 16.3 Å². The van der Waals surface area contributed by atoms with E-state index in [1.807, 2.05) is 0 Å². The Kier molecular flexibility index (Phi) is 4.63. The molecule has 0 radical (unpaired) electrons. The van der Waals surface area contributed by atoms with Crippen molar-refractivity contribution >= 4 is 23.6 Å². The first-order chi connectivity index (χ1) is 10.7. The molecular weight excluding hydrogens is 337 g/mol. The molecule has 8 nitrogen and oxygen atoms in total. The Labute approximate surface area is 131 Å². The smallest absolute Gasteiger partial charge is 0.347 e. The first-order valence-electron chi connectivity index (χ1n) is 6.06. The van der Waals surface area contributed by atoms with Crippen molar-refractivity contribution in [3.8, 4) is 0 Å². The number of nitrogens with two attached hydrogens (primary N) is 1. The Morgan fingerprint density at radius 2 is 2.09 bits per heavy atom. The summed E-state index contributed by atoms with van der Waals surface area (Å²) >= 11 is 0.629. The van der Waals surface area contributed by atoms with Gasteiger partial charge < -0.3 is 10.4 Å². The molecule has 2 aromatic rings. The van der Waals surface area contributed by atoms with E-state index in [-0.39, 0.29) is 21.3 Å². The lowest BCUT2D eigenvalue weighted by atomic mass is 10.4. The summed E-state index contributed by atoms with van der Waals surface area (Å²) in [5.41, 5.74) is 0.268. The van der Waals surface area contributed by atoms with Crippen LogP contribution in [-0.4, -0.2) is 37.0 Å². The molecule has 0 spiro atoms. The summed E-state index contributed by atoms with van der Waals surface area (Å²) in [6.07, 6.45) is -3.12. The normalized spacial score (nSPS) is 11.5. The molecule has 124 valence electrons. The molecule has 0 fully saturated rings. The highest BCUT2D eigenvalue weighted by molar-refractivity contribution is 7.99. The summed E-state index contributed by atoms with van der Waals surface area (Å²) in [5.74, 6) is 2.19. The predicted octanol–water partition coefficient (Wildman–Crippen LogP) is 0.398. The van der Waals surface area contributed by atoms with Crippen LogP contribution in [0, 0.1) is 0 Å². The van der Waals surface area contributed by atoms with Gasteiger partial charge in [-0.1, -0.05) is 11.8 Å². The Morgan fingerprint density at radius 1 is 1.39 bits per heavy atom. The highest BCUT2D eigenvalue weighted by Gasteiger charge is 2.38. The first kappa shape index (κ1) is 16.9. The number of carbonyl (C=O) groups is 2. The number of hydrogen-bond donors (Lipinski definition) is 2. The van der Waals surface area contributed by atoms with Crippen LogP contribution < -0.4 is 11.2 Å². The zero-order valence-corrected chi connectivity index (χ0v) is 12.5. The van der Waals surface area contributed by atoms with Gasteiger partial charge in [0.25, 0.3) is 11.7 Å². The van der Waals surface area contributed by atoms with E-state index in [1.54, 1.807) is 19.3 Å². The number of rotatable bonds is 4. The fourth-order valence-corrected chi connectivity index (χ4v) is 2.28. The van der Waals surface area contributed by atoms with E-state index in [4.69, 9.17) is 5.84 Å². The lowest BCUT2D eigenvalue weighted by Gasteiger charge is -2.06. The molecule has 0 unspecified atom stereocenters. The molecule has 12 heteroatoms. The molecule has 0 bridgehead atoms. The summed E-state index contributed by atoms with van der Waals surface area (Å²) in [6, 6.07) is 3.14. The second kappa shape index (κ2) is 6.32. The van der Waals surface area contributed by atoms with Crippen molar-refractivity contribution in [1.82, 2.24) is 24.8 Å². The van der Waals surface area contributed by atoms with Crippen molar-refractivity contribution in [3.63, 3.8) is 0 Å². The van der Waals surface area contributed by atoms with E-state index in [0.29, 0.717) is 11.8 Å². The molecular formula is C11H11F3N6O2S. The van der Waals surface area contributed by atoms with E-state index in [1.165, 1.54) is 10.6 Å². The standard InChI is InChI=1S/C11H11F3N6O2S/c1-19-4-2-3-6(19)8(22)16-7(21)5-23-10-18-17-9(20(10)15)11(12,13)14/h2-4H,5,15H2,1H3,(H,16,21,22). The lowest BCUT2D eigenvalue weighted by Crippen LogP contribution is -2.33. The summed E-state index contributed by atoms with van der Waals surface area (Å²) in [5, 5.41) is 7.99. The quantitative estimate of drug-likeness (QED) is 0.612. The second-order valence-electron chi connectivity index (χ2n) is 4.34. The number of imide groups is 1. The lowest BCUT2D eigenvalue weighted by molar-refractivity contribution is -0.146. The molecule has 0 saturated carbocycles. The summed E-state index contributed by atoms with van der Waals surface area (Å²) in [7, 11) is 1.63. The zero-order valence-electron chi connectivity index (χ0n) is 11.7. The number of alkyl halides is 3. The van der Waals surface area contributed by atoms with Gasteiger partial charge in [-0.05, 0) is 12.1 Å². The van der Waals surface area contributed by atoms with Gasteiger partial charge in [0.05, 0.1) is 5.75 Å². The van der Waals surface area contributed by atoms with Gasteiger partial charge in [0, 0.05) is 13.2 Å². The SMILES string of the molecule is Cn1cccc1C(=O)NC(=O)CSc1nnc(C(F)(F)F)n1N. The summed E-state index contributed by atoms with van der Waals surface area (Å²) in [6.45, 7) is 0. The number of hydrogen-bond acceptors (Lipinski definition) is 6. The van der Waals surface area contributed by atoms with E-state index >= 15 is 0 Å². The predicted molar refractivity (Wildman–Crippen MR) is 73.8 cm³/mol. The Bertz CT molecular complexity index is 738. The van der Waals surface area contributed by atoms with E-state index < -0.39 is 23.8 Å². The number of amides is 2. The maximum atomic E-state index is 12.5. The summed E-state index contributed by atoms with van der Waals surface area (Å²) < 4.78 is 39.2. The number of aromatic nitrogens is 4. The van der Waals surface area contributed by atoms with Gasteiger partial charge in [-0.3, -0.25) is 14.9 Å². The van der Waals surface area contributed by atoms with Crippen molar-refractivity contribution in [3.05, 3.63) is 29.8 Å². The highest BCUT2D eigenvalue weighted by Crippen LogP contribution is 2.28. The zero-order chi connectivity index (χ0) is 17.2. The Hall–Kier alpha value is -2.50. The molecule has 0 atom stereocenters. The third-order valence-electron chi connectivity index (χ3n) is 2.68. The molecule has 3 N–H and O–H groups in total. The summed E-state index contributed by atoms with van der Waals surface area (Å²) in [4.78, 5) is 23.4. The van der Waals surface area contributed by atoms with Gasteiger partial charge in [-0.25, -0.2) is 4.68 Å². The van der Waals surface area contributed by atoms with Gasteiger partial charge >= 0.3 is 6.18 Å². The molecule has 2 heterocycles. The maximum absolute atomic E-state index is 12.5. The fraction of sp³-hybridized carbons (Fsp3) is 0.273. The molecule has 2 rings (SSSR count). The minimum atomic E-state index is -4.74. The molecule has 0 aromatic carbocycles. The number of nitrogen functional groups attached to an aromatic ring is 1. The largest absolute Gasteiger partial charge is 0.453 e. The third-order valence-corrected chi connectivity index (χ3v) is 3.62. The van der Waals surface area contributed by atoms with Crippen LogP contribution in [0.2, 0.25) is 0 Å². The van der Waals surface area contributed by atoms with Crippen molar-refractivity contribution < 1.29 is 22.8 Å². The van der Waals surface area contributed by atoms with E-state index in [9.17, 15) is 22.8 Å². The number of nitrogens with one attached hydrogen (secondary N) is 1. The van der Waals surface area contributed by atoms with Gasteiger partial charge in [0.15, 0.2) is 0 Å². The number of thioether (sulfide) groups is 1. The first-order valence-corrected chi connectivity index (χ1v) is 7.04. The number of carbonyl (C=O) groups excluding carboxylic acids is 2. The minimum Gasteiger partial charge on any atom is -0.347 e. The molecule has 0 saturated heterocycles. The van der Waals surface area contributed by atoms with Crippen LogP contribution in [0.4, 0.5) is 13.2 Å². The molecule has 0 aliphatic carbocycles. The average Bonchev–Trinajstić information content (AvgIpc) is 3.02. The molecule has 23 heavy (non-hydrogen) atoms. The minimum absolute atomic E-state index is 0.247. The van der Waals surface area contributed by atoms with Crippen molar-refractivity contribution in [2.45, 2.75) is 11.3 Å². The van der Waals surface area contributed by atoms with Crippen molar-refractivity contribution in [2.24, 2.45) is 7.05 Å². The van der Waals surface area contributed by atoms with Crippen LogP contribution >= 0.6 is 11.8 Å². The number of nitrogens with zero attached hydrogens (tertiary/aromatic N) is 4. The molecule has 0 aliphatic heterocycles. The van der Waals surface area contributed by atoms with Gasteiger partial charge in [-0.2, -0.15) is 13.2 Å². The monoisotopic (exact) mass is 348 g/mol. The van der Waals surface area contributed by atoms with Crippen LogP contribution in [-0.2, 0) is 18.0 Å². The fourth-order valence-electron chi connectivity index (χ4n) is 1.62. The second-order valence-corrected chi connectivity index (χ2v) is 5.29. The Balaban J connectivity index is 1.94. The Morgan fingerprint density at radius 3 is 2.61 bits per heavy atom. The van der Waals surface area contributed by atoms with Crippen LogP contribution in [0.15, 0.2) is 23.5 Å². The van der Waals surface area contributed by atoms with Gasteiger partial charge in [0.2, 0.25) is 11.1 Å². The van der Waals surface area contributed by atoms with Gasteiger partial charge in [-0.15, -0.1) is 10.2 Å². The third kappa shape index (κ3) is 3.83. The molecule has 2 aromatic heterocycles. The van der Waals surface area contributed by atoms with Gasteiger partial charge in [0.1, 0.15) is 5.69 Å². The average molecular weight is 348 g/mol. The maximum Gasteiger partial charge on any atom is 0.453 e. The van der Waals surface area contributed by atoms with Crippen LogP contribution in [0.3, 0.4) is 0 Å². The topological polar surface area (TPSA) is 108 Å². The van der Waals surface area contributed by atoms with Crippen molar-refractivity contribution in [2.75, 3.05) is 11.6 Å². The van der Waals surface area contributed by atoms with E-state index in [0.717, 1.165) is 0 Å². The highest BCUT2D eigenvalue weighted by atomic mass is 32.2. The van der Waals surface area contributed by atoms with Crippen LogP contribution in [0.25, 0.3) is 0 Å². The van der Waals surface area contributed by atoms with Crippen molar-refractivity contribution in [1.29, 1.82) is 0 Å². The number of halogens is 3. The molecule has 0 aliphatic rings. The number of aryl methyl sites for hydroxylation is 1.